The molecule has 2 rings (SSSR count). The van der Waals surface area contributed by atoms with Crippen molar-refractivity contribution in [1.29, 1.82) is 0 Å². The first kappa shape index (κ1) is 26.0. The molecule has 0 bridgehead atoms. The summed E-state index contributed by atoms with van der Waals surface area (Å²) < 4.78 is 14.9. The summed E-state index contributed by atoms with van der Waals surface area (Å²) in [6, 6.07) is 6.63. The number of hydrogen-bond acceptors (Lipinski definition) is 5. The van der Waals surface area contributed by atoms with Gasteiger partial charge in [-0.3, -0.25) is 0 Å². The normalized spacial score (nSPS) is 11.2. The Morgan fingerprint density at radius 1 is 1.10 bits per heavy atom. The summed E-state index contributed by atoms with van der Waals surface area (Å²) in [4.78, 5) is 5.73. The van der Waals surface area contributed by atoms with Gasteiger partial charge in [-0.05, 0) is 61.8 Å². The van der Waals surface area contributed by atoms with E-state index in [0.717, 1.165) is 59.9 Å². The van der Waals surface area contributed by atoms with Crippen LogP contribution in [0.4, 0.5) is 4.39 Å². The van der Waals surface area contributed by atoms with E-state index in [1.807, 2.05) is 42.4 Å². The predicted octanol–water partition coefficient (Wildman–Crippen LogP) is 3.85. The molecule has 0 fully saturated rings. The van der Waals surface area contributed by atoms with Gasteiger partial charge in [0.05, 0.1) is 0 Å². The number of benzene rings is 1. The monoisotopic (exact) mass is 552 g/mol. The third kappa shape index (κ3) is 10.0. The lowest BCUT2D eigenvalue weighted by Crippen LogP contribution is -2.38. The number of nitrogens with zero attached hydrogens (tertiary/aromatic N) is 4. The van der Waals surface area contributed by atoms with Gasteiger partial charge in [-0.25, -0.2) is 9.38 Å². The van der Waals surface area contributed by atoms with E-state index in [0.29, 0.717) is 6.54 Å². The minimum atomic E-state index is -0.197. The summed E-state index contributed by atoms with van der Waals surface area (Å²) in [5.41, 5.74) is 0. The Kier molecular flexibility index (Phi) is 13.4. The van der Waals surface area contributed by atoms with E-state index in [1.54, 1.807) is 11.8 Å². The molecule has 0 unspecified atom stereocenters. The fraction of sp³-hybridized carbons (Fsp3) is 0.526. The number of hydrogen-bond donors (Lipinski definition) is 2. The van der Waals surface area contributed by atoms with E-state index in [4.69, 9.17) is 0 Å². The van der Waals surface area contributed by atoms with Crippen molar-refractivity contribution in [1.82, 2.24) is 25.4 Å². The lowest BCUT2D eigenvalue weighted by molar-refractivity contribution is 0.626. The van der Waals surface area contributed by atoms with Gasteiger partial charge in [0.25, 0.3) is 0 Å². The van der Waals surface area contributed by atoms with E-state index >= 15 is 0 Å². The number of aliphatic imine (C=N–C) groups is 1. The maximum absolute atomic E-state index is 12.9. The molecule has 0 aliphatic rings. The second kappa shape index (κ2) is 14.9. The van der Waals surface area contributed by atoms with Gasteiger partial charge in [-0.2, -0.15) is 11.8 Å². The first-order valence-corrected chi connectivity index (χ1v) is 11.7. The van der Waals surface area contributed by atoms with E-state index in [2.05, 4.69) is 32.1 Å². The number of rotatable bonds is 11. The molecule has 0 aliphatic carbocycles. The number of halogens is 2. The zero-order valence-electron chi connectivity index (χ0n) is 17.2. The molecule has 2 N–H and O–H groups in total. The average molecular weight is 553 g/mol. The Morgan fingerprint density at radius 3 is 2.34 bits per heavy atom. The summed E-state index contributed by atoms with van der Waals surface area (Å²) in [5, 5.41) is 15.0. The van der Waals surface area contributed by atoms with Crippen molar-refractivity contribution in [3.63, 3.8) is 0 Å². The molecule has 0 radical (unpaired) electrons. The highest BCUT2D eigenvalue weighted by Crippen LogP contribution is 2.18. The Morgan fingerprint density at radius 2 is 1.76 bits per heavy atom. The molecule has 1 heterocycles. The molecule has 0 aliphatic heterocycles. The standard InChI is InChI=1S/C19H29FN6S2.HI/c1-15-24-25-18(26(15)2)14-23-19(21-10-4-12-27-3)22-11-5-13-28-17-8-6-16(20)7-9-17;/h6-9H,4-5,10-14H2,1-3H3,(H2,21,22,23);1H. The van der Waals surface area contributed by atoms with Crippen LogP contribution in [0.15, 0.2) is 34.2 Å². The van der Waals surface area contributed by atoms with Crippen LogP contribution in [-0.2, 0) is 13.6 Å². The van der Waals surface area contributed by atoms with E-state index < -0.39 is 0 Å². The summed E-state index contributed by atoms with van der Waals surface area (Å²) >= 11 is 3.57. The van der Waals surface area contributed by atoms with Gasteiger partial charge in [0.15, 0.2) is 11.8 Å². The fourth-order valence-electron chi connectivity index (χ4n) is 2.34. The molecule has 162 valence electrons. The van der Waals surface area contributed by atoms with Crippen LogP contribution in [0.1, 0.15) is 24.5 Å². The molecule has 1 aromatic carbocycles. The number of nitrogens with one attached hydrogen (secondary N) is 2. The van der Waals surface area contributed by atoms with Gasteiger partial charge in [-0.15, -0.1) is 45.9 Å². The maximum Gasteiger partial charge on any atom is 0.191 e. The van der Waals surface area contributed by atoms with Crippen molar-refractivity contribution in [3.05, 3.63) is 41.7 Å². The molecule has 2 aromatic rings. The zero-order valence-corrected chi connectivity index (χ0v) is 21.1. The van der Waals surface area contributed by atoms with Gasteiger partial charge in [-0.1, -0.05) is 0 Å². The molecule has 10 heteroatoms. The summed E-state index contributed by atoms with van der Waals surface area (Å²) in [6.07, 6.45) is 4.18. The summed E-state index contributed by atoms with van der Waals surface area (Å²) in [7, 11) is 1.95. The van der Waals surface area contributed by atoms with E-state index in [1.165, 1.54) is 12.1 Å². The Balaban J connectivity index is 0.00000420. The SMILES string of the molecule is CSCCCNC(=NCc1nnc(C)n1C)NCCCSc1ccc(F)cc1.I. The molecule has 0 saturated carbocycles. The highest BCUT2D eigenvalue weighted by molar-refractivity contribution is 14.0. The molecule has 1 aromatic heterocycles. The topological polar surface area (TPSA) is 67.1 Å². The molecule has 0 atom stereocenters. The third-order valence-corrected chi connectivity index (χ3v) is 5.87. The van der Waals surface area contributed by atoms with Crippen molar-refractivity contribution in [2.75, 3.05) is 30.9 Å². The quantitative estimate of drug-likeness (QED) is 0.145. The van der Waals surface area contributed by atoms with Gasteiger partial charge in [0, 0.05) is 25.0 Å². The van der Waals surface area contributed by atoms with Gasteiger partial charge in [0.2, 0.25) is 0 Å². The Bertz CT molecular complexity index is 739. The first-order valence-electron chi connectivity index (χ1n) is 9.34. The van der Waals surface area contributed by atoms with Crippen LogP contribution < -0.4 is 10.6 Å². The molecule has 6 nitrogen and oxygen atoms in total. The largest absolute Gasteiger partial charge is 0.356 e. The number of thioether (sulfide) groups is 2. The lowest BCUT2D eigenvalue weighted by atomic mass is 10.4. The van der Waals surface area contributed by atoms with Crippen LogP contribution in [-0.4, -0.2) is 51.6 Å². The smallest absolute Gasteiger partial charge is 0.191 e. The van der Waals surface area contributed by atoms with Crippen molar-refractivity contribution < 1.29 is 4.39 Å². The Labute approximate surface area is 198 Å². The van der Waals surface area contributed by atoms with Crippen LogP contribution in [0.5, 0.6) is 0 Å². The zero-order chi connectivity index (χ0) is 20.2. The van der Waals surface area contributed by atoms with Crippen molar-refractivity contribution in [3.8, 4) is 0 Å². The van der Waals surface area contributed by atoms with Crippen molar-refractivity contribution in [2.45, 2.75) is 31.2 Å². The van der Waals surface area contributed by atoms with Crippen LogP contribution in [0.25, 0.3) is 0 Å². The molecular formula is C19H30FIN6S2. The minimum absolute atomic E-state index is 0. The van der Waals surface area contributed by atoms with E-state index in [-0.39, 0.29) is 29.8 Å². The van der Waals surface area contributed by atoms with Crippen LogP contribution in [0.2, 0.25) is 0 Å². The van der Waals surface area contributed by atoms with Crippen molar-refractivity contribution in [2.24, 2.45) is 12.0 Å². The highest BCUT2D eigenvalue weighted by Gasteiger charge is 2.05. The lowest BCUT2D eigenvalue weighted by Gasteiger charge is -2.12. The number of guanidine groups is 1. The fourth-order valence-corrected chi connectivity index (χ4v) is 3.62. The highest BCUT2D eigenvalue weighted by atomic mass is 127. The first-order chi connectivity index (χ1) is 13.6. The van der Waals surface area contributed by atoms with Gasteiger partial charge in [0.1, 0.15) is 18.2 Å². The van der Waals surface area contributed by atoms with Crippen LogP contribution >= 0.6 is 47.5 Å². The number of aryl methyl sites for hydroxylation is 1. The van der Waals surface area contributed by atoms with Gasteiger partial charge < -0.3 is 15.2 Å². The maximum atomic E-state index is 12.9. The molecule has 0 saturated heterocycles. The number of aromatic nitrogens is 3. The van der Waals surface area contributed by atoms with Crippen LogP contribution in [0, 0.1) is 12.7 Å². The minimum Gasteiger partial charge on any atom is -0.356 e. The molecule has 0 amide bonds. The van der Waals surface area contributed by atoms with Crippen molar-refractivity contribution >= 4 is 53.5 Å². The average Bonchev–Trinajstić information content (AvgIpc) is 3.02. The predicted molar refractivity (Wildman–Crippen MR) is 133 cm³/mol. The molecular weight excluding hydrogens is 522 g/mol. The van der Waals surface area contributed by atoms with E-state index in [9.17, 15) is 4.39 Å². The molecule has 29 heavy (non-hydrogen) atoms. The Hall–Kier alpha value is -1.01. The second-order valence-electron chi connectivity index (χ2n) is 6.24. The second-order valence-corrected chi connectivity index (χ2v) is 8.40. The summed E-state index contributed by atoms with van der Waals surface area (Å²) in [6.45, 7) is 4.12. The summed E-state index contributed by atoms with van der Waals surface area (Å²) in [5.74, 6) is 4.41. The van der Waals surface area contributed by atoms with Gasteiger partial charge >= 0.3 is 0 Å². The third-order valence-electron chi connectivity index (χ3n) is 4.07. The molecule has 0 spiro atoms. The van der Waals surface area contributed by atoms with Crippen LogP contribution in [0.3, 0.4) is 0 Å².